The molecule has 1 saturated carbocycles. The third-order valence-electron chi connectivity index (χ3n) is 6.66. The zero-order chi connectivity index (χ0) is 21.9. The minimum Gasteiger partial charge on any atom is -0.360 e. The molecule has 8 heteroatoms. The summed E-state index contributed by atoms with van der Waals surface area (Å²) in [5, 5.41) is 11.7. The first-order valence-corrected chi connectivity index (χ1v) is 11.9. The molecule has 2 fully saturated rings. The number of H-pyrrole nitrogens is 1. The van der Waals surface area contributed by atoms with Crippen molar-refractivity contribution in [1.29, 1.82) is 0 Å². The fourth-order valence-electron chi connectivity index (χ4n) is 4.85. The molecule has 0 spiro atoms. The SMILES string of the molecule is O=C(NC1CCC(Nc2ncc(Cl)c(-c3c[nH]c4ccccc34)n2)CC1)C1CCCNC1. The van der Waals surface area contributed by atoms with Gasteiger partial charge in [-0.25, -0.2) is 9.97 Å². The Kier molecular flexibility index (Phi) is 6.28. The van der Waals surface area contributed by atoms with E-state index in [0.717, 1.165) is 73.8 Å². The second-order valence-corrected chi connectivity index (χ2v) is 9.29. The molecular formula is C24H29ClN6O. The van der Waals surface area contributed by atoms with E-state index in [4.69, 9.17) is 16.6 Å². The highest BCUT2D eigenvalue weighted by molar-refractivity contribution is 6.33. The Hall–Kier alpha value is -2.64. The molecule has 1 aromatic carbocycles. The van der Waals surface area contributed by atoms with Crippen LogP contribution in [0.25, 0.3) is 22.2 Å². The van der Waals surface area contributed by atoms with Gasteiger partial charge in [0.1, 0.15) is 0 Å². The van der Waals surface area contributed by atoms with Gasteiger partial charge in [0.05, 0.1) is 22.8 Å². The van der Waals surface area contributed by atoms with E-state index in [1.807, 2.05) is 24.4 Å². The molecule has 1 unspecified atom stereocenters. The molecule has 1 amide bonds. The van der Waals surface area contributed by atoms with Crippen molar-refractivity contribution in [3.63, 3.8) is 0 Å². The van der Waals surface area contributed by atoms with E-state index < -0.39 is 0 Å². The van der Waals surface area contributed by atoms with Crippen molar-refractivity contribution in [2.75, 3.05) is 18.4 Å². The molecule has 5 rings (SSSR count). The summed E-state index contributed by atoms with van der Waals surface area (Å²) in [5.74, 6) is 0.915. The highest BCUT2D eigenvalue weighted by Crippen LogP contribution is 2.32. The van der Waals surface area contributed by atoms with Crippen LogP contribution in [0, 0.1) is 5.92 Å². The number of amides is 1. The Labute approximate surface area is 192 Å². The summed E-state index contributed by atoms with van der Waals surface area (Å²) in [6.45, 7) is 1.82. The Morgan fingerprint density at radius 2 is 1.91 bits per heavy atom. The van der Waals surface area contributed by atoms with E-state index in [1.54, 1.807) is 6.20 Å². The first-order chi connectivity index (χ1) is 15.7. The average molecular weight is 453 g/mol. The molecule has 168 valence electrons. The van der Waals surface area contributed by atoms with E-state index in [-0.39, 0.29) is 23.9 Å². The number of carbonyl (C=O) groups is 1. The number of aromatic nitrogens is 3. The van der Waals surface area contributed by atoms with E-state index >= 15 is 0 Å². The van der Waals surface area contributed by atoms with Crippen LogP contribution in [-0.4, -0.2) is 46.0 Å². The number of fused-ring (bicyclic) bond motifs is 1. The second kappa shape index (κ2) is 9.46. The highest BCUT2D eigenvalue weighted by Gasteiger charge is 2.27. The van der Waals surface area contributed by atoms with Gasteiger partial charge in [0, 0.05) is 41.3 Å². The van der Waals surface area contributed by atoms with E-state index in [1.165, 1.54) is 0 Å². The Morgan fingerprint density at radius 1 is 1.09 bits per heavy atom. The molecule has 4 N–H and O–H groups in total. The van der Waals surface area contributed by atoms with Gasteiger partial charge < -0.3 is 20.9 Å². The molecule has 7 nitrogen and oxygen atoms in total. The predicted molar refractivity (Wildman–Crippen MR) is 128 cm³/mol. The quantitative estimate of drug-likeness (QED) is 0.467. The standard InChI is InChI=1S/C24H29ClN6O/c25-20-14-28-24(31-22(20)19-13-27-21-6-2-1-5-18(19)21)30-17-9-7-16(8-10-17)29-23(32)15-4-3-11-26-12-15/h1-2,5-6,13-17,26-27H,3-4,7-12H2,(H,29,32)(H,28,30,31). The van der Waals surface area contributed by atoms with Gasteiger partial charge >= 0.3 is 0 Å². The molecule has 1 saturated heterocycles. The summed E-state index contributed by atoms with van der Waals surface area (Å²) in [7, 11) is 0. The number of hydrogen-bond donors (Lipinski definition) is 4. The molecule has 1 aliphatic carbocycles. The maximum atomic E-state index is 12.5. The molecule has 2 aliphatic rings. The van der Waals surface area contributed by atoms with Crippen LogP contribution in [0.15, 0.2) is 36.7 Å². The summed E-state index contributed by atoms with van der Waals surface area (Å²) in [6.07, 6.45) is 9.55. The van der Waals surface area contributed by atoms with Gasteiger partial charge in [-0.1, -0.05) is 29.8 Å². The van der Waals surface area contributed by atoms with Gasteiger partial charge in [-0.15, -0.1) is 0 Å². The van der Waals surface area contributed by atoms with E-state index in [9.17, 15) is 4.79 Å². The summed E-state index contributed by atoms with van der Waals surface area (Å²) in [4.78, 5) is 24.9. The van der Waals surface area contributed by atoms with Crippen LogP contribution < -0.4 is 16.0 Å². The monoisotopic (exact) mass is 452 g/mol. The number of para-hydroxylation sites is 1. The molecule has 2 aromatic heterocycles. The summed E-state index contributed by atoms with van der Waals surface area (Å²) in [6, 6.07) is 8.66. The van der Waals surface area contributed by atoms with Crippen LogP contribution in [0.5, 0.6) is 0 Å². The van der Waals surface area contributed by atoms with Gasteiger partial charge in [-0.2, -0.15) is 0 Å². The molecule has 3 aromatic rings. The molecule has 1 aliphatic heterocycles. The smallest absolute Gasteiger partial charge is 0.224 e. The van der Waals surface area contributed by atoms with Crippen LogP contribution in [0.1, 0.15) is 38.5 Å². The highest BCUT2D eigenvalue weighted by atomic mass is 35.5. The molecule has 0 radical (unpaired) electrons. The zero-order valence-electron chi connectivity index (χ0n) is 18.0. The summed E-state index contributed by atoms with van der Waals surface area (Å²) >= 11 is 6.45. The predicted octanol–water partition coefficient (Wildman–Crippen LogP) is 4.12. The number of nitrogens with zero attached hydrogens (tertiary/aromatic N) is 2. The van der Waals surface area contributed by atoms with Crippen LogP contribution in [0.4, 0.5) is 5.95 Å². The van der Waals surface area contributed by atoms with Gasteiger partial charge in [-0.05, 0) is 51.1 Å². The second-order valence-electron chi connectivity index (χ2n) is 8.88. The van der Waals surface area contributed by atoms with Crippen molar-refractivity contribution >= 4 is 34.4 Å². The number of anilines is 1. The minimum atomic E-state index is 0.116. The number of halogens is 1. The number of rotatable bonds is 5. The first-order valence-electron chi connectivity index (χ1n) is 11.5. The zero-order valence-corrected chi connectivity index (χ0v) is 18.8. The van der Waals surface area contributed by atoms with Crippen LogP contribution in [-0.2, 0) is 4.79 Å². The number of aromatic amines is 1. The third kappa shape index (κ3) is 4.59. The van der Waals surface area contributed by atoms with Crippen molar-refractivity contribution in [2.45, 2.75) is 50.6 Å². The topological polar surface area (TPSA) is 94.7 Å². The Balaban J connectivity index is 1.20. The lowest BCUT2D eigenvalue weighted by Gasteiger charge is -2.31. The lowest BCUT2D eigenvalue weighted by Crippen LogP contribution is -2.46. The van der Waals surface area contributed by atoms with Crippen molar-refractivity contribution < 1.29 is 4.79 Å². The maximum absolute atomic E-state index is 12.5. The van der Waals surface area contributed by atoms with Crippen molar-refractivity contribution in [2.24, 2.45) is 5.92 Å². The van der Waals surface area contributed by atoms with Crippen LogP contribution >= 0.6 is 11.6 Å². The number of piperidine rings is 1. The molecular weight excluding hydrogens is 424 g/mol. The van der Waals surface area contributed by atoms with Crippen molar-refractivity contribution in [3.8, 4) is 11.3 Å². The number of carbonyl (C=O) groups excluding carboxylic acids is 1. The Bertz CT molecular complexity index is 1090. The van der Waals surface area contributed by atoms with Gasteiger partial charge in [0.15, 0.2) is 0 Å². The number of benzene rings is 1. The summed E-state index contributed by atoms with van der Waals surface area (Å²) in [5.41, 5.74) is 2.75. The molecule has 1 atom stereocenters. The lowest BCUT2D eigenvalue weighted by molar-refractivity contribution is -0.126. The number of hydrogen-bond acceptors (Lipinski definition) is 5. The fourth-order valence-corrected chi connectivity index (χ4v) is 5.05. The lowest BCUT2D eigenvalue weighted by atomic mass is 9.90. The number of nitrogens with one attached hydrogen (secondary N) is 4. The fraction of sp³-hybridized carbons (Fsp3) is 0.458. The van der Waals surface area contributed by atoms with Gasteiger partial charge in [0.25, 0.3) is 0 Å². The van der Waals surface area contributed by atoms with Gasteiger partial charge in [0.2, 0.25) is 11.9 Å². The summed E-state index contributed by atoms with van der Waals surface area (Å²) < 4.78 is 0. The van der Waals surface area contributed by atoms with Crippen LogP contribution in [0.3, 0.4) is 0 Å². The average Bonchev–Trinajstić information content (AvgIpc) is 3.26. The Morgan fingerprint density at radius 3 is 2.72 bits per heavy atom. The largest absolute Gasteiger partial charge is 0.360 e. The van der Waals surface area contributed by atoms with E-state index in [0.29, 0.717) is 11.0 Å². The van der Waals surface area contributed by atoms with E-state index in [2.05, 4.69) is 32.0 Å². The molecule has 32 heavy (non-hydrogen) atoms. The molecule has 3 heterocycles. The normalized spacial score (nSPS) is 23.7. The molecule has 0 bridgehead atoms. The minimum absolute atomic E-state index is 0.116. The first kappa shape index (κ1) is 21.2. The maximum Gasteiger partial charge on any atom is 0.224 e. The van der Waals surface area contributed by atoms with Crippen LogP contribution in [0.2, 0.25) is 5.02 Å². The van der Waals surface area contributed by atoms with Crippen molar-refractivity contribution in [1.82, 2.24) is 25.6 Å². The third-order valence-corrected chi connectivity index (χ3v) is 6.94. The van der Waals surface area contributed by atoms with Crippen molar-refractivity contribution in [3.05, 3.63) is 41.7 Å². The van der Waals surface area contributed by atoms with Gasteiger partial charge in [-0.3, -0.25) is 4.79 Å².